The number of carboxylic acids is 1. The molecule has 0 saturated heterocycles. The Morgan fingerprint density at radius 1 is 1.22 bits per heavy atom. The summed E-state index contributed by atoms with van der Waals surface area (Å²) >= 11 is 5.59. The van der Waals surface area contributed by atoms with Gasteiger partial charge in [-0.1, -0.05) is 23.7 Å². The number of hydrogen-bond acceptors (Lipinski definition) is 4. The molecule has 9 heteroatoms. The van der Waals surface area contributed by atoms with E-state index in [4.69, 9.17) is 26.8 Å². The van der Waals surface area contributed by atoms with E-state index in [9.17, 15) is 18.0 Å². The lowest BCUT2D eigenvalue weighted by atomic mass is 10.2. The van der Waals surface area contributed by atoms with Crippen LogP contribution >= 0.6 is 11.6 Å². The molecule has 0 saturated carbocycles. The normalized spacial score (nSPS) is 10.1. The molecule has 1 aromatic carbocycles. The first-order chi connectivity index (χ1) is 8.20. The topological polar surface area (TPSA) is 83.8 Å². The number of alkyl halides is 3. The first-order valence-electron chi connectivity index (χ1n) is 4.10. The van der Waals surface area contributed by atoms with Crippen LogP contribution in [-0.4, -0.2) is 28.5 Å². The van der Waals surface area contributed by atoms with E-state index in [1.807, 2.05) is 0 Å². The van der Waals surface area contributed by atoms with Crippen LogP contribution in [0.2, 0.25) is 5.02 Å². The fourth-order valence-electron chi connectivity index (χ4n) is 0.676. The van der Waals surface area contributed by atoms with Crippen molar-refractivity contribution in [3.63, 3.8) is 0 Å². The highest BCUT2D eigenvalue weighted by Crippen LogP contribution is 2.15. The first kappa shape index (κ1) is 16.2. The second kappa shape index (κ2) is 6.82. The maximum absolute atomic E-state index is 10.7. The van der Waals surface area contributed by atoms with Gasteiger partial charge in [0.2, 0.25) is 0 Å². The smallest absolute Gasteiger partial charge is 0.475 e. The molecule has 1 rings (SSSR count). The maximum atomic E-state index is 10.7. The molecule has 0 aliphatic heterocycles. The molecule has 100 valence electrons. The van der Waals surface area contributed by atoms with E-state index in [-0.39, 0.29) is 10.6 Å². The molecule has 18 heavy (non-hydrogen) atoms. The second-order valence-corrected chi connectivity index (χ2v) is 3.07. The molecule has 0 bridgehead atoms. The third-order valence-electron chi connectivity index (χ3n) is 1.42. The van der Waals surface area contributed by atoms with Crippen LogP contribution < -0.4 is 0 Å². The fraction of sp³-hybridized carbons (Fsp3) is 0.111. The zero-order chi connectivity index (χ0) is 14.3. The molecule has 2 N–H and O–H groups in total. The summed E-state index contributed by atoms with van der Waals surface area (Å²) < 4.78 is 31.7. The molecule has 0 radical (unpaired) electrons. The molecular weight excluding hydrogens is 281 g/mol. The Bertz CT molecular complexity index is 432. The summed E-state index contributed by atoms with van der Waals surface area (Å²) in [6.45, 7) is 0. The van der Waals surface area contributed by atoms with Crippen LogP contribution in [-0.2, 0) is 9.68 Å². The molecule has 0 atom stereocenters. The van der Waals surface area contributed by atoms with Crippen LogP contribution in [0, 0.1) is 0 Å². The van der Waals surface area contributed by atoms with Crippen molar-refractivity contribution >= 4 is 23.5 Å². The van der Waals surface area contributed by atoms with Gasteiger partial charge >= 0.3 is 18.1 Å². The van der Waals surface area contributed by atoms with Gasteiger partial charge in [-0.05, 0) is 12.1 Å². The molecule has 5 nitrogen and oxygen atoms in total. The number of carbonyl (C=O) groups excluding carboxylic acids is 1. The molecule has 0 unspecified atom stereocenters. The Labute approximate surface area is 103 Å². The van der Waals surface area contributed by atoms with Crippen molar-refractivity contribution < 1.29 is 38.0 Å². The number of benzene rings is 1. The minimum absolute atomic E-state index is 0.150. The second-order valence-electron chi connectivity index (χ2n) is 2.66. The van der Waals surface area contributed by atoms with Crippen molar-refractivity contribution in [3.8, 4) is 0 Å². The van der Waals surface area contributed by atoms with Crippen LogP contribution in [0.3, 0.4) is 0 Å². The summed E-state index contributed by atoms with van der Waals surface area (Å²) in [6, 6.07) is 6.29. The van der Waals surface area contributed by atoms with Gasteiger partial charge in [-0.3, -0.25) is 4.89 Å². The summed E-state index contributed by atoms with van der Waals surface area (Å²) in [6.07, 6.45) is -5.08. The Balaban J connectivity index is 0.000000360. The molecular formula is C9H6ClF3O5. The zero-order valence-electron chi connectivity index (χ0n) is 8.44. The SMILES string of the molecule is O=C(O)C(F)(F)F.O=C(OO)c1ccccc1Cl. The van der Waals surface area contributed by atoms with Crippen molar-refractivity contribution in [2.75, 3.05) is 0 Å². The van der Waals surface area contributed by atoms with Crippen molar-refractivity contribution in [3.05, 3.63) is 34.9 Å². The third-order valence-corrected chi connectivity index (χ3v) is 1.75. The van der Waals surface area contributed by atoms with Crippen LogP contribution in [0.1, 0.15) is 10.4 Å². The van der Waals surface area contributed by atoms with E-state index in [1.54, 1.807) is 12.1 Å². The van der Waals surface area contributed by atoms with E-state index < -0.39 is 18.1 Å². The van der Waals surface area contributed by atoms with Crippen LogP contribution in [0.25, 0.3) is 0 Å². The molecule has 0 aliphatic carbocycles. The van der Waals surface area contributed by atoms with Gasteiger partial charge < -0.3 is 5.11 Å². The molecule has 0 spiro atoms. The summed E-state index contributed by atoms with van der Waals surface area (Å²) in [5, 5.41) is 15.4. The van der Waals surface area contributed by atoms with Gasteiger partial charge in [0.25, 0.3) is 0 Å². The predicted octanol–water partition coefficient (Wildman–Crippen LogP) is 2.60. The largest absolute Gasteiger partial charge is 0.490 e. The van der Waals surface area contributed by atoms with Crippen molar-refractivity contribution in [1.82, 2.24) is 0 Å². The summed E-state index contributed by atoms with van der Waals surface area (Å²) in [5.74, 6) is -3.61. The molecule has 0 amide bonds. The highest BCUT2D eigenvalue weighted by molar-refractivity contribution is 6.33. The number of halogens is 4. The van der Waals surface area contributed by atoms with Crippen LogP contribution in [0.4, 0.5) is 13.2 Å². The lowest BCUT2D eigenvalue weighted by Crippen LogP contribution is -2.21. The summed E-state index contributed by atoms with van der Waals surface area (Å²) in [5.41, 5.74) is 0.150. The van der Waals surface area contributed by atoms with E-state index >= 15 is 0 Å². The predicted molar refractivity (Wildman–Crippen MR) is 53.2 cm³/mol. The average Bonchev–Trinajstić information content (AvgIpc) is 2.28. The van der Waals surface area contributed by atoms with E-state index in [2.05, 4.69) is 4.89 Å². The number of carboxylic acid groups (broad SMARTS) is 1. The average molecular weight is 287 g/mol. The van der Waals surface area contributed by atoms with E-state index in [0.29, 0.717) is 0 Å². The number of aliphatic carboxylic acids is 1. The van der Waals surface area contributed by atoms with Crippen molar-refractivity contribution in [2.45, 2.75) is 6.18 Å². The van der Waals surface area contributed by atoms with Gasteiger partial charge in [0, 0.05) is 0 Å². The van der Waals surface area contributed by atoms with Crippen LogP contribution in [0.15, 0.2) is 24.3 Å². The Morgan fingerprint density at radius 3 is 2.00 bits per heavy atom. The molecule has 1 aromatic rings. The van der Waals surface area contributed by atoms with E-state index in [1.165, 1.54) is 12.1 Å². The van der Waals surface area contributed by atoms with Gasteiger partial charge in [0.15, 0.2) is 0 Å². The minimum atomic E-state index is -5.08. The van der Waals surface area contributed by atoms with Gasteiger partial charge in [0.05, 0.1) is 10.6 Å². The summed E-state index contributed by atoms with van der Waals surface area (Å²) in [7, 11) is 0. The van der Waals surface area contributed by atoms with Gasteiger partial charge in [0.1, 0.15) is 0 Å². The number of carbonyl (C=O) groups is 2. The van der Waals surface area contributed by atoms with E-state index in [0.717, 1.165) is 0 Å². The minimum Gasteiger partial charge on any atom is -0.475 e. The zero-order valence-corrected chi connectivity index (χ0v) is 9.20. The van der Waals surface area contributed by atoms with Gasteiger partial charge in [-0.15, -0.1) is 0 Å². The fourth-order valence-corrected chi connectivity index (χ4v) is 0.889. The Hall–Kier alpha value is -1.80. The lowest BCUT2D eigenvalue weighted by Gasteiger charge is -1.97. The molecule has 0 aliphatic rings. The van der Waals surface area contributed by atoms with Crippen molar-refractivity contribution in [1.29, 1.82) is 0 Å². The van der Waals surface area contributed by atoms with Crippen LogP contribution in [0.5, 0.6) is 0 Å². The number of hydrogen-bond donors (Lipinski definition) is 2. The standard InChI is InChI=1S/C7H5ClO3.C2HF3O2/c8-6-4-2-1-3-5(6)7(9)11-10;3-2(4,5)1(6)7/h1-4,10H;(H,6,7). The Kier molecular flexibility index (Phi) is 6.14. The summed E-state index contributed by atoms with van der Waals surface area (Å²) in [4.78, 5) is 23.1. The van der Waals surface area contributed by atoms with Gasteiger partial charge in [-0.25, -0.2) is 9.59 Å². The monoisotopic (exact) mass is 286 g/mol. The molecule has 0 fully saturated rings. The lowest BCUT2D eigenvalue weighted by molar-refractivity contribution is -0.192. The molecule has 0 aromatic heterocycles. The maximum Gasteiger partial charge on any atom is 0.490 e. The quantitative estimate of drug-likeness (QED) is 0.612. The Morgan fingerprint density at radius 2 is 1.67 bits per heavy atom. The molecule has 0 heterocycles. The highest BCUT2D eigenvalue weighted by Gasteiger charge is 2.38. The van der Waals surface area contributed by atoms with Crippen molar-refractivity contribution in [2.24, 2.45) is 0 Å². The van der Waals surface area contributed by atoms with Gasteiger partial charge in [-0.2, -0.15) is 18.4 Å². The third kappa shape index (κ3) is 5.51. The highest BCUT2D eigenvalue weighted by atomic mass is 35.5. The first-order valence-corrected chi connectivity index (χ1v) is 4.48. The number of rotatable bonds is 1.